The third-order valence-electron chi connectivity index (χ3n) is 2.88. The maximum absolute atomic E-state index is 11.7. The van der Waals surface area contributed by atoms with Gasteiger partial charge in [0.2, 0.25) is 5.91 Å². The summed E-state index contributed by atoms with van der Waals surface area (Å²) in [6.45, 7) is 9.16. The molecular weight excluding hydrogens is 218 g/mol. The van der Waals surface area contributed by atoms with Crippen LogP contribution in [0.1, 0.15) is 13.8 Å². The fourth-order valence-corrected chi connectivity index (χ4v) is 1.94. The van der Waals surface area contributed by atoms with Crippen molar-refractivity contribution in [1.82, 2.24) is 15.5 Å². The minimum absolute atomic E-state index is 0.0589. The van der Waals surface area contributed by atoms with Gasteiger partial charge in [0.05, 0.1) is 6.61 Å². The lowest BCUT2D eigenvalue weighted by Gasteiger charge is -2.34. The van der Waals surface area contributed by atoms with Crippen LogP contribution in [0.5, 0.6) is 0 Å². The van der Waals surface area contributed by atoms with E-state index in [1.807, 2.05) is 0 Å². The largest absolute Gasteiger partial charge is 0.380 e. The summed E-state index contributed by atoms with van der Waals surface area (Å²) in [5.74, 6) is 0.647. The summed E-state index contributed by atoms with van der Waals surface area (Å²) >= 11 is 0. The summed E-state index contributed by atoms with van der Waals surface area (Å²) in [5.41, 5.74) is 0. The van der Waals surface area contributed by atoms with Crippen LogP contribution < -0.4 is 10.6 Å². The van der Waals surface area contributed by atoms with Crippen molar-refractivity contribution in [1.29, 1.82) is 0 Å². The average molecular weight is 243 g/mol. The molecule has 1 saturated heterocycles. The van der Waals surface area contributed by atoms with Crippen molar-refractivity contribution in [3.05, 3.63) is 0 Å². The van der Waals surface area contributed by atoms with Crippen LogP contribution in [-0.4, -0.2) is 63.3 Å². The molecule has 0 aliphatic carbocycles. The van der Waals surface area contributed by atoms with E-state index in [-0.39, 0.29) is 11.9 Å². The SMILES string of the molecule is CNC(=O)C1CNCCN1CCOCC(C)C. The zero-order valence-corrected chi connectivity index (χ0v) is 11.2. The Balaban J connectivity index is 2.30. The van der Waals surface area contributed by atoms with E-state index in [0.717, 1.165) is 32.8 Å². The first kappa shape index (κ1) is 14.4. The van der Waals surface area contributed by atoms with Gasteiger partial charge in [0.25, 0.3) is 0 Å². The van der Waals surface area contributed by atoms with Crippen molar-refractivity contribution in [2.75, 3.05) is 46.4 Å². The van der Waals surface area contributed by atoms with Gasteiger partial charge in [-0.1, -0.05) is 13.8 Å². The van der Waals surface area contributed by atoms with Crippen molar-refractivity contribution >= 4 is 5.91 Å². The Labute approximate surface area is 104 Å². The molecule has 0 aromatic rings. The molecule has 1 amide bonds. The van der Waals surface area contributed by atoms with Crippen LogP contribution in [0.25, 0.3) is 0 Å². The van der Waals surface area contributed by atoms with Crippen molar-refractivity contribution < 1.29 is 9.53 Å². The first-order valence-corrected chi connectivity index (χ1v) is 6.39. The Hall–Kier alpha value is -0.650. The van der Waals surface area contributed by atoms with Crippen molar-refractivity contribution in [3.63, 3.8) is 0 Å². The minimum atomic E-state index is -0.0589. The molecule has 2 N–H and O–H groups in total. The zero-order chi connectivity index (χ0) is 12.7. The molecule has 1 heterocycles. The van der Waals surface area contributed by atoms with E-state index in [1.54, 1.807) is 7.05 Å². The van der Waals surface area contributed by atoms with Crippen LogP contribution in [0.4, 0.5) is 0 Å². The Morgan fingerprint density at radius 3 is 3.00 bits per heavy atom. The lowest BCUT2D eigenvalue weighted by molar-refractivity contribution is -0.126. The topological polar surface area (TPSA) is 53.6 Å². The standard InChI is InChI=1S/C12H25N3O2/c1-10(2)9-17-7-6-15-5-4-14-8-11(15)12(16)13-3/h10-11,14H,4-9H2,1-3H3,(H,13,16). The molecule has 1 rings (SSSR count). The summed E-state index contributed by atoms with van der Waals surface area (Å²) in [5, 5.41) is 5.96. The number of carbonyl (C=O) groups excluding carboxylic acids is 1. The van der Waals surface area contributed by atoms with E-state index in [9.17, 15) is 4.79 Å². The van der Waals surface area contributed by atoms with Gasteiger partial charge in [-0.3, -0.25) is 9.69 Å². The fourth-order valence-electron chi connectivity index (χ4n) is 1.94. The molecule has 5 nitrogen and oxygen atoms in total. The second-order valence-electron chi connectivity index (χ2n) is 4.84. The van der Waals surface area contributed by atoms with Crippen LogP contribution >= 0.6 is 0 Å². The minimum Gasteiger partial charge on any atom is -0.380 e. The number of likely N-dealkylation sites (N-methyl/N-ethyl adjacent to an activating group) is 1. The molecule has 1 fully saturated rings. The van der Waals surface area contributed by atoms with Gasteiger partial charge in [0.15, 0.2) is 0 Å². The molecule has 100 valence electrons. The van der Waals surface area contributed by atoms with Crippen molar-refractivity contribution in [2.45, 2.75) is 19.9 Å². The maximum atomic E-state index is 11.7. The van der Waals surface area contributed by atoms with Crippen LogP contribution in [0.3, 0.4) is 0 Å². The zero-order valence-electron chi connectivity index (χ0n) is 11.2. The van der Waals surface area contributed by atoms with Crippen LogP contribution in [0, 0.1) is 5.92 Å². The molecule has 17 heavy (non-hydrogen) atoms. The van der Waals surface area contributed by atoms with Gasteiger partial charge in [-0.25, -0.2) is 0 Å². The quantitative estimate of drug-likeness (QED) is 0.628. The second kappa shape index (κ2) is 7.63. The highest BCUT2D eigenvalue weighted by molar-refractivity contribution is 5.81. The molecule has 0 radical (unpaired) electrons. The highest BCUT2D eigenvalue weighted by atomic mass is 16.5. The van der Waals surface area contributed by atoms with Gasteiger partial charge in [-0.2, -0.15) is 0 Å². The first-order valence-electron chi connectivity index (χ1n) is 6.39. The van der Waals surface area contributed by atoms with E-state index in [4.69, 9.17) is 4.74 Å². The predicted octanol–water partition coefficient (Wildman–Crippen LogP) is -0.321. The monoisotopic (exact) mass is 243 g/mol. The number of amides is 1. The molecule has 1 atom stereocenters. The van der Waals surface area contributed by atoms with E-state index < -0.39 is 0 Å². The maximum Gasteiger partial charge on any atom is 0.238 e. The van der Waals surface area contributed by atoms with Crippen LogP contribution in [0.2, 0.25) is 0 Å². The normalized spacial score (nSPS) is 21.8. The second-order valence-corrected chi connectivity index (χ2v) is 4.84. The number of ether oxygens (including phenoxy) is 1. The number of piperazine rings is 1. The fraction of sp³-hybridized carbons (Fsp3) is 0.917. The van der Waals surface area contributed by atoms with Crippen molar-refractivity contribution in [3.8, 4) is 0 Å². The summed E-state index contributed by atoms with van der Waals surface area (Å²) in [6, 6.07) is -0.0589. The molecule has 1 aliphatic rings. The van der Waals surface area contributed by atoms with Crippen LogP contribution in [-0.2, 0) is 9.53 Å². The summed E-state index contributed by atoms with van der Waals surface area (Å²) < 4.78 is 5.57. The third-order valence-corrected chi connectivity index (χ3v) is 2.88. The van der Waals surface area contributed by atoms with Crippen LogP contribution in [0.15, 0.2) is 0 Å². The molecule has 0 aromatic heterocycles. The Morgan fingerprint density at radius 1 is 1.59 bits per heavy atom. The molecule has 5 heteroatoms. The van der Waals surface area contributed by atoms with E-state index >= 15 is 0 Å². The molecular formula is C12H25N3O2. The number of nitrogens with one attached hydrogen (secondary N) is 2. The van der Waals surface area contributed by atoms with Gasteiger partial charge in [-0.05, 0) is 5.92 Å². The van der Waals surface area contributed by atoms with E-state index in [0.29, 0.717) is 12.5 Å². The molecule has 1 aliphatic heterocycles. The molecule has 0 bridgehead atoms. The summed E-state index contributed by atoms with van der Waals surface area (Å²) in [7, 11) is 1.68. The summed E-state index contributed by atoms with van der Waals surface area (Å²) in [4.78, 5) is 13.9. The first-order chi connectivity index (χ1) is 8.15. The Kier molecular flexibility index (Phi) is 6.47. The Morgan fingerprint density at radius 2 is 2.35 bits per heavy atom. The highest BCUT2D eigenvalue weighted by Crippen LogP contribution is 2.03. The van der Waals surface area contributed by atoms with E-state index in [1.165, 1.54) is 0 Å². The van der Waals surface area contributed by atoms with Gasteiger partial charge < -0.3 is 15.4 Å². The van der Waals surface area contributed by atoms with E-state index in [2.05, 4.69) is 29.4 Å². The lowest BCUT2D eigenvalue weighted by atomic mass is 10.2. The predicted molar refractivity (Wildman–Crippen MR) is 68.0 cm³/mol. The number of hydrogen-bond acceptors (Lipinski definition) is 4. The third kappa shape index (κ3) is 5.02. The Bertz CT molecular complexity index is 234. The molecule has 0 saturated carbocycles. The number of hydrogen-bond donors (Lipinski definition) is 2. The van der Waals surface area contributed by atoms with Gasteiger partial charge in [-0.15, -0.1) is 0 Å². The number of nitrogens with zero attached hydrogens (tertiary/aromatic N) is 1. The highest BCUT2D eigenvalue weighted by Gasteiger charge is 2.27. The number of carbonyl (C=O) groups is 1. The summed E-state index contributed by atoms with van der Waals surface area (Å²) in [6.07, 6.45) is 0. The van der Waals surface area contributed by atoms with Crippen molar-refractivity contribution in [2.24, 2.45) is 5.92 Å². The van der Waals surface area contributed by atoms with Gasteiger partial charge >= 0.3 is 0 Å². The molecule has 0 aromatic carbocycles. The van der Waals surface area contributed by atoms with Gasteiger partial charge in [0, 0.05) is 39.8 Å². The molecule has 1 unspecified atom stereocenters. The molecule has 0 spiro atoms. The number of rotatable bonds is 6. The lowest BCUT2D eigenvalue weighted by Crippen LogP contribution is -2.58. The van der Waals surface area contributed by atoms with Gasteiger partial charge in [0.1, 0.15) is 6.04 Å². The average Bonchev–Trinajstić information content (AvgIpc) is 2.34. The smallest absolute Gasteiger partial charge is 0.238 e.